The highest BCUT2D eigenvalue weighted by molar-refractivity contribution is 5.60. The lowest BCUT2D eigenvalue weighted by atomic mass is 9.82. The monoisotopic (exact) mass is 291 g/mol. The molecule has 2 heterocycles. The Labute approximate surface area is 121 Å². The number of nitro groups is 1. The molecule has 1 fully saturated rings. The summed E-state index contributed by atoms with van der Waals surface area (Å²) in [5.41, 5.74) is 0.00909. The van der Waals surface area contributed by atoms with Gasteiger partial charge in [0.2, 0.25) is 5.69 Å². The van der Waals surface area contributed by atoms with Gasteiger partial charge in [-0.05, 0) is 18.8 Å². The van der Waals surface area contributed by atoms with E-state index in [1.807, 2.05) is 0 Å². The van der Waals surface area contributed by atoms with Gasteiger partial charge >= 0.3 is 5.69 Å². The minimum absolute atomic E-state index is 0.121. The maximum atomic E-state index is 11.0. The van der Waals surface area contributed by atoms with Crippen molar-refractivity contribution in [1.82, 2.24) is 19.9 Å². The fourth-order valence-corrected chi connectivity index (χ4v) is 2.93. The van der Waals surface area contributed by atoms with Crippen LogP contribution in [0.3, 0.4) is 0 Å². The first-order valence-corrected chi connectivity index (χ1v) is 7.06. The van der Waals surface area contributed by atoms with Crippen molar-refractivity contribution in [3.8, 4) is 11.6 Å². The van der Waals surface area contributed by atoms with Crippen LogP contribution in [-0.2, 0) is 7.05 Å². The quantitative estimate of drug-likeness (QED) is 0.636. The molecule has 1 saturated carbocycles. The number of aromatic nitrogens is 4. The molecule has 112 valence electrons. The summed E-state index contributed by atoms with van der Waals surface area (Å²) in [6.07, 6.45) is 5.78. The molecule has 8 heteroatoms. The maximum Gasteiger partial charge on any atom is 0.320 e. The Bertz CT molecular complexity index is 663. The number of hydrogen-bond acceptors (Lipinski definition) is 6. The number of aryl methyl sites for hydroxylation is 1. The third-order valence-corrected chi connectivity index (χ3v) is 3.95. The fourth-order valence-electron chi connectivity index (χ4n) is 2.93. The molecule has 1 aliphatic carbocycles. The molecule has 0 aliphatic heterocycles. The molecular formula is C13H17N5O3. The zero-order chi connectivity index (χ0) is 15.0. The van der Waals surface area contributed by atoms with Gasteiger partial charge in [0.25, 0.3) is 5.89 Å². The summed E-state index contributed by atoms with van der Waals surface area (Å²) < 4.78 is 6.58. The summed E-state index contributed by atoms with van der Waals surface area (Å²) in [7, 11) is 1.62. The van der Waals surface area contributed by atoms with E-state index in [4.69, 9.17) is 4.52 Å². The van der Waals surface area contributed by atoms with Gasteiger partial charge in [0.15, 0.2) is 5.82 Å². The second-order valence-corrected chi connectivity index (χ2v) is 5.72. The van der Waals surface area contributed by atoms with E-state index in [0.29, 0.717) is 11.7 Å². The van der Waals surface area contributed by atoms with E-state index < -0.39 is 4.92 Å². The van der Waals surface area contributed by atoms with Gasteiger partial charge < -0.3 is 4.52 Å². The van der Waals surface area contributed by atoms with Crippen molar-refractivity contribution in [2.75, 3.05) is 0 Å². The molecule has 0 amide bonds. The molecule has 2 atom stereocenters. The van der Waals surface area contributed by atoms with E-state index in [1.54, 1.807) is 7.05 Å². The first kappa shape index (κ1) is 13.7. The Hall–Kier alpha value is -2.25. The average Bonchev–Trinajstić information content (AvgIpc) is 3.04. The minimum Gasteiger partial charge on any atom is -0.332 e. The zero-order valence-electron chi connectivity index (χ0n) is 12.0. The Morgan fingerprint density at radius 3 is 3.00 bits per heavy atom. The van der Waals surface area contributed by atoms with E-state index in [9.17, 15) is 10.1 Å². The molecule has 0 bridgehead atoms. The summed E-state index contributed by atoms with van der Waals surface area (Å²) in [6.45, 7) is 2.22. The Morgan fingerprint density at radius 2 is 2.29 bits per heavy atom. The SMILES string of the molecule is C[C@H]1CCC[C@@H](c2noc(-c3nn(C)cc3[N+](=O)[O-])n2)C1. The Balaban J connectivity index is 1.90. The minimum atomic E-state index is -0.491. The van der Waals surface area contributed by atoms with Crippen molar-refractivity contribution in [2.24, 2.45) is 13.0 Å². The molecule has 2 aromatic heterocycles. The third-order valence-electron chi connectivity index (χ3n) is 3.95. The molecule has 0 aromatic carbocycles. The Kier molecular flexibility index (Phi) is 3.44. The largest absolute Gasteiger partial charge is 0.332 e. The number of nitrogens with zero attached hydrogens (tertiary/aromatic N) is 5. The summed E-state index contributed by atoms with van der Waals surface area (Å²) >= 11 is 0. The predicted molar refractivity (Wildman–Crippen MR) is 73.5 cm³/mol. The van der Waals surface area contributed by atoms with Crippen molar-refractivity contribution in [1.29, 1.82) is 0 Å². The van der Waals surface area contributed by atoms with Gasteiger partial charge in [-0.3, -0.25) is 14.8 Å². The van der Waals surface area contributed by atoms with Crippen LogP contribution in [0.5, 0.6) is 0 Å². The zero-order valence-corrected chi connectivity index (χ0v) is 12.0. The number of hydrogen-bond donors (Lipinski definition) is 0. The molecule has 3 rings (SSSR count). The molecule has 0 spiro atoms. The van der Waals surface area contributed by atoms with Crippen LogP contribution in [0, 0.1) is 16.0 Å². The molecular weight excluding hydrogens is 274 g/mol. The van der Waals surface area contributed by atoms with Crippen LogP contribution < -0.4 is 0 Å². The van der Waals surface area contributed by atoms with Crippen LogP contribution in [0.4, 0.5) is 5.69 Å². The van der Waals surface area contributed by atoms with Gasteiger partial charge in [-0.25, -0.2) is 0 Å². The molecule has 0 radical (unpaired) electrons. The molecule has 21 heavy (non-hydrogen) atoms. The summed E-state index contributed by atoms with van der Waals surface area (Å²) in [6, 6.07) is 0. The Morgan fingerprint density at radius 1 is 1.48 bits per heavy atom. The standard InChI is InChI=1S/C13H17N5O3/c1-8-4-3-5-9(6-8)12-14-13(21-16-12)11-10(18(19)20)7-17(2)15-11/h7-9H,3-6H2,1-2H3/t8-,9+/m0/s1. The van der Waals surface area contributed by atoms with Gasteiger partial charge in [0.05, 0.1) is 4.92 Å². The van der Waals surface area contributed by atoms with Crippen molar-refractivity contribution >= 4 is 5.69 Å². The lowest BCUT2D eigenvalue weighted by Gasteiger charge is -2.23. The van der Waals surface area contributed by atoms with E-state index in [1.165, 1.54) is 17.3 Å². The topological polar surface area (TPSA) is 99.9 Å². The predicted octanol–water partition coefficient (Wildman–Crippen LogP) is 2.67. The van der Waals surface area contributed by atoms with Crippen molar-refractivity contribution in [3.05, 3.63) is 22.1 Å². The van der Waals surface area contributed by atoms with Gasteiger partial charge in [-0.1, -0.05) is 24.9 Å². The molecule has 0 N–H and O–H groups in total. The average molecular weight is 291 g/mol. The molecule has 0 unspecified atom stereocenters. The molecule has 0 saturated heterocycles. The van der Waals surface area contributed by atoms with Gasteiger partial charge in [0, 0.05) is 13.0 Å². The summed E-state index contributed by atoms with van der Waals surface area (Å²) in [5, 5.41) is 19.1. The van der Waals surface area contributed by atoms with Crippen molar-refractivity contribution < 1.29 is 9.45 Å². The van der Waals surface area contributed by atoms with Crippen LogP contribution in [0.15, 0.2) is 10.7 Å². The second kappa shape index (κ2) is 5.27. The molecule has 8 nitrogen and oxygen atoms in total. The van der Waals surface area contributed by atoms with Crippen LogP contribution in [0.2, 0.25) is 0 Å². The highest BCUT2D eigenvalue weighted by Gasteiger charge is 2.28. The van der Waals surface area contributed by atoms with Crippen LogP contribution >= 0.6 is 0 Å². The van der Waals surface area contributed by atoms with Crippen molar-refractivity contribution in [2.45, 2.75) is 38.5 Å². The van der Waals surface area contributed by atoms with Gasteiger partial charge in [-0.2, -0.15) is 10.1 Å². The highest BCUT2D eigenvalue weighted by Crippen LogP contribution is 2.36. The van der Waals surface area contributed by atoms with E-state index in [0.717, 1.165) is 19.3 Å². The number of rotatable bonds is 3. The lowest BCUT2D eigenvalue weighted by Crippen LogP contribution is -2.12. The van der Waals surface area contributed by atoms with Gasteiger partial charge in [0.1, 0.15) is 6.20 Å². The first-order valence-electron chi connectivity index (χ1n) is 7.06. The summed E-state index contributed by atoms with van der Waals surface area (Å²) in [4.78, 5) is 14.9. The first-order chi connectivity index (χ1) is 10.0. The van der Waals surface area contributed by atoms with E-state index in [-0.39, 0.29) is 23.2 Å². The molecule has 1 aliphatic rings. The van der Waals surface area contributed by atoms with Gasteiger partial charge in [-0.15, -0.1) is 0 Å². The fraction of sp³-hybridized carbons (Fsp3) is 0.615. The maximum absolute atomic E-state index is 11.0. The summed E-state index contributed by atoms with van der Waals surface area (Å²) in [5.74, 6) is 1.68. The van der Waals surface area contributed by atoms with Crippen LogP contribution in [0.25, 0.3) is 11.6 Å². The van der Waals surface area contributed by atoms with Crippen molar-refractivity contribution in [3.63, 3.8) is 0 Å². The second-order valence-electron chi connectivity index (χ2n) is 5.72. The van der Waals surface area contributed by atoms with Crippen LogP contribution in [0.1, 0.15) is 44.3 Å². The smallest absolute Gasteiger partial charge is 0.320 e. The van der Waals surface area contributed by atoms with E-state index >= 15 is 0 Å². The normalized spacial score (nSPS) is 22.4. The van der Waals surface area contributed by atoms with E-state index in [2.05, 4.69) is 22.2 Å². The van der Waals surface area contributed by atoms with Crippen LogP contribution in [-0.4, -0.2) is 24.8 Å². The highest BCUT2D eigenvalue weighted by atomic mass is 16.6. The third kappa shape index (κ3) is 2.65. The lowest BCUT2D eigenvalue weighted by molar-refractivity contribution is -0.384. The molecule has 2 aromatic rings.